The van der Waals surface area contributed by atoms with E-state index in [2.05, 4.69) is 16.6 Å². The lowest BCUT2D eigenvalue weighted by Gasteiger charge is -2.25. The number of carbonyl (C=O) groups is 1. The molecule has 1 unspecified atom stereocenters. The summed E-state index contributed by atoms with van der Waals surface area (Å²) in [6.07, 6.45) is 8.19. The number of rotatable bonds is 3. The summed E-state index contributed by atoms with van der Waals surface area (Å²) < 4.78 is 0. The molecule has 1 rings (SSSR count). The average Bonchev–Trinajstić information content (AvgIpc) is 2.18. The van der Waals surface area contributed by atoms with E-state index < -0.39 is 5.54 Å². The number of nitrogens with one attached hydrogen (secondary N) is 2. The first-order valence-corrected chi connectivity index (χ1v) is 5.53. The molecule has 2 N–H and O–H groups in total. The van der Waals surface area contributed by atoms with Crippen LogP contribution in [0.5, 0.6) is 0 Å². The Labute approximate surface area is 92.0 Å². The van der Waals surface area contributed by atoms with Crippen molar-refractivity contribution < 1.29 is 4.79 Å². The van der Waals surface area contributed by atoms with Crippen molar-refractivity contribution in [1.29, 1.82) is 0 Å². The molecule has 0 aliphatic carbocycles. The zero-order valence-electron chi connectivity index (χ0n) is 9.60. The van der Waals surface area contributed by atoms with E-state index in [1.807, 2.05) is 13.8 Å². The van der Waals surface area contributed by atoms with Crippen molar-refractivity contribution >= 4 is 5.91 Å². The molecule has 0 aromatic rings. The Morgan fingerprint density at radius 1 is 1.67 bits per heavy atom. The van der Waals surface area contributed by atoms with Crippen molar-refractivity contribution in [1.82, 2.24) is 10.6 Å². The molecule has 1 atom stereocenters. The predicted molar refractivity (Wildman–Crippen MR) is 61.3 cm³/mol. The summed E-state index contributed by atoms with van der Waals surface area (Å²) in [5.41, 5.74) is -0.529. The molecule has 0 aromatic carbocycles. The molecule has 1 amide bonds. The largest absolute Gasteiger partial charge is 0.340 e. The van der Waals surface area contributed by atoms with Gasteiger partial charge in [-0.3, -0.25) is 4.79 Å². The number of terminal acetylenes is 1. The maximum atomic E-state index is 11.7. The van der Waals surface area contributed by atoms with Crippen LogP contribution in [0.15, 0.2) is 0 Å². The molecule has 84 valence electrons. The topological polar surface area (TPSA) is 41.1 Å². The van der Waals surface area contributed by atoms with Crippen LogP contribution < -0.4 is 10.6 Å². The van der Waals surface area contributed by atoms with Crippen LogP contribution in [0, 0.1) is 18.3 Å². The van der Waals surface area contributed by atoms with Gasteiger partial charge in [-0.1, -0.05) is 5.92 Å². The summed E-state index contributed by atoms with van der Waals surface area (Å²) in [4.78, 5) is 11.7. The zero-order valence-corrected chi connectivity index (χ0v) is 9.60. The molecule has 0 saturated carbocycles. The molecule has 1 heterocycles. The van der Waals surface area contributed by atoms with Crippen LogP contribution in [0.4, 0.5) is 0 Å². The highest BCUT2D eigenvalue weighted by Crippen LogP contribution is 2.14. The Balaban J connectivity index is 2.32. The van der Waals surface area contributed by atoms with Gasteiger partial charge < -0.3 is 10.6 Å². The Bertz CT molecular complexity index is 259. The maximum Gasteiger partial charge on any atom is 0.221 e. The number of amides is 1. The summed E-state index contributed by atoms with van der Waals surface area (Å²) in [6, 6.07) is 0. The maximum absolute atomic E-state index is 11.7. The Morgan fingerprint density at radius 3 is 2.93 bits per heavy atom. The molecule has 0 aromatic heterocycles. The highest BCUT2D eigenvalue weighted by atomic mass is 16.1. The van der Waals surface area contributed by atoms with E-state index in [1.54, 1.807) is 0 Å². The Hall–Kier alpha value is -1.01. The second-order valence-electron chi connectivity index (χ2n) is 4.73. The molecular weight excluding hydrogens is 188 g/mol. The predicted octanol–water partition coefficient (Wildman–Crippen LogP) is 0.904. The van der Waals surface area contributed by atoms with Crippen molar-refractivity contribution in [2.24, 2.45) is 5.92 Å². The van der Waals surface area contributed by atoms with E-state index in [0.29, 0.717) is 12.3 Å². The van der Waals surface area contributed by atoms with Crippen LogP contribution in [0.1, 0.15) is 33.1 Å². The smallest absolute Gasteiger partial charge is 0.221 e. The SMILES string of the molecule is C#CC(C)(C)NC(=O)CC1CCCNC1. The van der Waals surface area contributed by atoms with Gasteiger partial charge in [-0.05, 0) is 45.7 Å². The summed E-state index contributed by atoms with van der Waals surface area (Å²) in [7, 11) is 0. The number of piperidine rings is 1. The lowest BCUT2D eigenvalue weighted by Crippen LogP contribution is -2.43. The van der Waals surface area contributed by atoms with Gasteiger partial charge in [0.05, 0.1) is 5.54 Å². The molecule has 3 heteroatoms. The van der Waals surface area contributed by atoms with Crippen molar-refractivity contribution in [2.75, 3.05) is 13.1 Å². The van der Waals surface area contributed by atoms with E-state index in [1.165, 1.54) is 0 Å². The fourth-order valence-electron chi connectivity index (χ4n) is 1.80. The second kappa shape index (κ2) is 5.18. The van der Waals surface area contributed by atoms with Crippen LogP contribution in [0.25, 0.3) is 0 Å². The summed E-state index contributed by atoms with van der Waals surface area (Å²) in [6.45, 7) is 5.70. The molecule has 0 radical (unpaired) electrons. The zero-order chi connectivity index (χ0) is 11.3. The second-order valence-corrected chi connectivity index (χ2v) is 4.73. The summed E-state index contributed by atoms with van der Waals surface area (Å²) in [5, 5.41) is 6.15. The van der Waals surface area contributed by atoms with Gasteiger partial charge in [0.15, 0.2) is 0 Å². The van der Waals surface area contributed by atoms with Gasteiger partial charge in [-0.25, -0.2) is 0 Å². The standard InChI is InChI=1S/C12H20N2O/c1-4-12(2,3)14-11(15)8-10-6-5-7-13-9-10/h1,10,13H,5-9H2,2-3H3,(H,14,15). The van der Waals surface area contributed by atoms with Crippen LogP contribution in [0.2, 0.25) is 0 Å². The minimum Gasteiger partial charge on any atom is -0.340 e. The van der Waals surface area contributed by atoms with Gasteiger partial charge in [-0.15, -0.1) is 6.42 Å². The van der Waals surface area contributed by atoms with E-state index >= 15 is 0 Å². The lowest BCUT2D eigenvalue weighted by atomic mass is 9.95. The normalized spacial score (nSPS) is 21.8. The van der Waals surface area contributed by atoms with E-state index in [9.17, 15) is 4.79 Å². The van der Waals surface area contributed by atoms with Crippen LogP contribution in [0.3, 0.4) is 0 Å². The third-order valence-corrected chi connectivity index (χ3v) is 2.69. The molecule has 3 nitrogen and oxygen atoms in total. The van der Waals surface area contributed by atoms with Gasteiger partial charge >= 0.3 is 0 Å². The minimum atomic E-state index is -0.529. The molecule has 0 spiro atoms. The first-order valence-electron chi connectivity index (χ1n) is 5.53. The highest BCUT2D eigenvalue weighted by Gasteiger charge is 2.21. The summed E-state index contributed by atoms with van der Waals surface area (Å²) >= 11 is 0. The van der Waals surface area contributed by atoms with Crippen LogP contribution in [-0.4, -0.2) is 24.5 Å². The number of carbonyl (C=O) groups excluding carboxylic acids is 1. The van der Waals surface area contributed by atoms with Crippen molar-refractivity contribution in [2.45, 2.75) is 38.6 Å². The monoisotopic (exact) mass is 208 g/mol. The number of hydrogen-bond acceptors (Lipinski definition) is 2. The van der Waals surface area contributed by atoms with Crippen molar-refractivity contribution in [3.63, 3.8) is 0 Å². The summed E-state index contributed by atoms with van der Waals surface area (Å²) in [5.74, 6) is 3.09. The van der Waals surface area contributed by atoms with Crippen LogP contribution in [-0.2, 0) is 4.79 Å². The third kappa shape index (κ3) is 4.35. The van der Waals surface area contributed by atoms with E-state index in [-0.39, 0.29) is 5.91 Å². The van der Waals surface area contributed by atoms with Crippen molar-refractivity contribution in [3.8, 4) is 12.3 Å². The molecule has 1 aliphatic rings. The first kappa shape index (κ1) is 12.1. The Morgan fingerprint density at radius 2 is 2.40 bits per heavy atom. The van der Waals surface area contributed by atoms with Gasteiger partial charge in [0.2, 0.25) is 5.91 Å². The van der Waals surface area contributed by atoms with Gasteiger partial charge in [0.25, 0.3) is 0 Å². The molecular formula is C12H20N2O. The van der Waals surface area contributed by atoms with Gasteiger partial charge in [-0.2, -0.15) is 0 Å². The van der Waals surface area contributed by atoms with Crippen LogP contribution >= 0.6 is 0 Å². The molecule has 15 heavy (non-hydrogen) atoms. The lowest BCUT2D eigenvalue weighted by molar-refractivity contribution is -0.123. The average molecular weight is 208 g/mol. The number of hydrogen-bond donors (Lipinski definition) is 2. The quantitative estimate of drug-likeness (QED) is 0.677. The fraction of sp³-hybridized carbons (Fsp3) is 0.750. The molecule has 1 fully saturated rings. The van der Waals surface area contributed by atoms with Gasteiger partial charge in [0.1, 0.15) is 0 Å². The molecule has 1 saturated heterocycles. The Kier molecular flexibility index (Phi) is 4.16. The van der Waals surface area contributed by atoms with Crippen molar-refractivity contribution in [3.05, 3.63) is 0 Å². The highest BCUT2D eigenvalue weighted by molar-refractivity contribution is 5.77. The third-order valence-electron chi connectivity index (χ3n) is 2.69. The van der Waals surface area contributed by atoms with E-state index in [0.717, 1.165) is 25.9 Å². The van der Waals surface area contributed by atoms with Gasteiger partial charge in [0, 0.05) is 6.42 Å². The fourth-order valence-corrected chi connectivity index (χ4v) is 1.80. The minimum absolute atomic E-state index is 0.0617. The molecule has 1 aliphatic heterocycles. The molecule has 0 bridgehead atoms. The van der Waals surface area contributed by atoms with E-state index in [4.69, 9.17) is 6.42 Å². The first-order chi connectivity index (χ1) is 7.03.